The molecule has 0 fully saturated rings. The fourth-order valence-corrected chi connectivity index (χ4v) is 0.583. The van der Waals surface area contributed by atoms with E-state index in [4.69, 9.17) is 49.8 Å². The molecule has 6 heteroatoms. The van der Waals surface area contributed by atoms with Crippen LogP contribution in [0.1, 0.15) is 12.5 Å². The highest BCUT2D eigenvalue weighted by Gasteiger charge is 1.81. The number of hydrogen-bond donors (Lipinski definition) is 2. The molecule has 0 aliphatic carbocycles. The summed E-state index contributed by atoms with van der Waals surface area (Å²) in [6, 6.07) is 9.52. The zero-order chi connectivity index (χ0) is 13.0. The van der Waals surface area contributed by atoms with Gasteiger partial charge >= 0.3 is 0 Å². The van der Waals surface area contributed by atoms with Crippen molar-refractivity contribution in [2.24, 2.45) is 0 Å². The molecule has 3 nitrogen and oxygen atoms in total. The second-order valence-electron chi connectivity index (χ2n) is 2.41. The Kier molecular flexibility index (Phi) is 14.1. The number of carboxylic acids is 1. The van der Waals surface area contributed by atoms with Crippen LogP contribution in [0.5, 0.6) is 0 Å². The average Bonchev–Trinajstić information content (AvgIpc) is 2.17. The first-order valence-corrected chi connectivity index (χ1v) is 5.47. The van der Waals surface area contributed by atoms with E-state index >= 15 is 0 Å². The Morgan fingerprint density at radius 1 is 1.25 bits per heavy atom. The number of aliphatic hydroxyl groups excluding tert-OH is 1. The Morgan fingerprint density at radius 3 is 1.75 bits per heavy atom. The number of aliphatic carboxylic acids is 1. The van der Waals surface area contributed by atoms with Gasteiger partial charge in [-0.15, -0.1) is 0 Å². The quantitative estimate of drug-likeness (QED) is 0.780. The summed E-state index contributed by atoms with van der Waals surface area (Å²) in [7, 11) is 0. The van der Waals surface area contributed by atoms with Crippen molar-refractivity contribution in [3.8, 4) is 0 Å². The molecular formula is C10H13Cl3O3. The SMILES string of the molecule is CC(=O)O.ClC(Cl)Cl.OCc1ccccc1. The molecule has 1 rings (SSSR count). The first-order chi connectivity index (χ1) is 7.40. The van der Waals surface area contributed by atoms with Gasteiger partial charge in [-0.3, -0.25) is 4.79 Å². The number of benzene rings is 1. The highest BCUT2D eigenvalue weighted by atomic mass is 35.6. The fraction of sp³-hybridized carbons (Fsp3) is 0.300. The van der Waals surface area contributed by atoms with Gasteiger partial charge in [-0.25, -0.2) is 0 Å². The lowest BCUT2D eigenvalue weighted by atomic mass is 10.2. The van der Waals surface area contributed by atoms with Crippen molar-refractivity contribution in [1.29, 1.82) is 0 Å². The summed E-state index contributed by atoms with van der Waals surface area (Å²) in [5.41, 5.74) is 0.965. The number of halogens is 3. The van der Waals surface area contributed by atoms with Crippen LogP contribution in [0, 0.1) is 0 Å². The van der Waals surface area contributed by atoms with Gasteiger partial charge in [0.05, 0.1) is 6.61 Å². The lowest BCUT2D eigenvalue weighted by molar-refractivity contribution is -0.134. The van der Waals surface area contributed by atoms with Gasteiger partial charge in [0.15, 0.2) is 4.30 Å². The van der Waals surface area contributed by atoms with Crippen molar-refractivity contribution >= 4 is 40.8 Å². The molecule has 1 aromatic rings. The van der Waals surface area contributed by atoms with E-state index in [1.807, 2.05) is 30.3 Å². The maximum Gasteiger partial charge on any atom is 0.300 e. The largest absolute Gasteiger partial charge is 0.481 e. The Hall–Kier alpha value is -0.480. The summed E-state index contributed by atoms with van der Waals surface area (Å²) in [5.74, 6) is -0.833. The van der Waals surface area contributed by atoms with E-state index in [2.05, 4.69) is 0 Å². The molecule has 0 aliphatic rings. The van der Waals surface area contributed by atoms with Crippen molar-refractivity contribution in [2.45, 2.75) is 17.8 Å². The van der Waals surface area contributed by atoms with Crippen LogP contribution in [0.4, 0.5) is 0 Å². The van der Waals surface area contributed by atoms with Gasteiger partial charge in [-0.05, 0) is 5.56 Å². The maximum atomic E-state index is 9.00. The Labute approximate surface area is 110 Å². The highest BCUT2D eigenvalue weighted by Crippen LogP contribution is 2.03. The molecule has 0 heterocycles. The Bertz CT molecular complexity index is 259. The first kappa shape index (κ1) is 17.9. The molecule has 0 radical (unpaired) electrons. The fourth-order valence-electron chi connectivity index (χ4n) is 0.583. The predicted octanol–water partition coefficient (Wildman–Crippen LogP) is 3.26. The van der Waals surface area contributed by atoms with Gasteiger partial charge in [-0.2, -0.15) is 0 Å². The zero-order valence-electron chi connectivity index (χ0n) is 8.61. The molecule has 0 spiro atoms. The van der Waals surface area contributed by atoms with Crippen LogP contribution in [-0.4, -0.2) is 20.5 Å². The summed E-state index contributed by atoms with van der Waals surface area (Å²) in [6.45, 7) is 1.22. The van der Waals surface area contributed by atoms with Crippen molar-refractivity contribution in [2.75, 3.05) is 0 Å². The molecule has 1 aromatic carbocycles. The molecule has 0 aromatic heterocycles. The van der Waals surface area contributed by atoms with E-state index in [-0.39, 0.29) is 6.61 Å². The van der Waals surface area contributed by atoms with Crippen LogP contribution < -0.4 is 0 Å². The van der Waals surface area contributed by atoms with Crippen molar-refractivity contribution in [3.05, 3.63) is 35.9 Å². The number of rotatable bonds is 1. The maximum absolute atomic E-state index is 9.00. The van der Waals surface area contributed by atoms with Crippen LogP contribution in [-0.2, 0) is 11.4 Å². The molecule has 0 aliphatic heterocycles. The third-order valence-corrected chi connectivity index (χ3v) is 1.03. The third-order valence-electron chi connectivity index (χ3n) is 1.03. The second-order valence-corrected chi connectivity index (χ2v) is 4.39. The Morgan fingerprint density at radius 2 is 1.56 bits per heavy atom. The van der Waals surface area contributed by atoms with Gasteiger partial charge in [0.25, 0.3) is 5.97 Å². The number of aliphatic hydroxyl groups is 1. The van der Waals surface area contributed by atoms with Crippen molar-refractivity contribution in [1.82, 2.24) is 0 Å². The minimum absolute atomic E-state index is 0.140. The smallest absolute Gasteiger partial charge is 0.300 e. The summed E-state index contributed by atoms with van der Waals surface area (Å²) in [4.78, 5) is 9.00. The van der Waals surface area contributed by atoms with E-state index in [1.165, 1.54) is 0 Å². The molecule has 0 saturated carbocycles. The van der Waals surface area contributed by atoms with Crippen LogP contribution in [0.2, 0.25) is 0 Å². The topological polar surface area (TPSA) is 57.5 Å². The summed E-state index contributed by atoms with van der Waals surface area (Å²) in [5, 5.41) is 16.0. The van der Waals surface area contributed by atoms with E-state index in [0.29, 0.717) is 0 Å². The minimum Gasteiger partial charge on any atom is -0.481 e. The van der Waals surface area contributed by atoms with Crippen molar-refractivity contribution < 1.29 is 15.0 Å². The van der Waals surface area contributed by atoms with Gasteiger partial charge in [0, 0.05) is 6.92 Å². The van der Waals surface area contributed by atoms with Crippen molar-refractivity contribution in [3.63, 3.8) is 0 Å². The van der Waals surface area contributed by atoms with Crippen LogP contribution in [0.15, 0.2) is 30.3 Å². The van der Waals surface area contributed by atoms with E-state index in [0.717, 1.165) is 12.5 Å². The molecule has 0 bridgehead atoms. The molecule has 0 unspecified atom stereocenters. The Balaban J connectivity index is 0. The van der Waals surface area contributed by atoms with Crippen LogP contribution in [0.25, 0.3) is 0 Å². The summed E-state index contributed by atoms with van der Waals surface area (Å²) < 4.78 is -0.750. The summed E-state index contributed by atoms with van der Waals surface area (Å²) in [6.07, 6.45) is 0. The molecular weight excluding hydrogens is 274 g/mol. The number of carboxylic acid groups (broad SMARTS) is 1. The monoisotopic (exact) mass is 286 g/mol. The van der Waals surface area contributed by atoms with Crippen LogP contribution in [0.3, 0.4) is 0 Å². The normalized spacial score (nSPS) is 8.38. The van der Waals surface area contributed by atoms with E-state index in [9.17, 15) is 0 Å². The molecule has 2 N–H and O–H groups in total. The van der Waals surface area contributed by atoms with Gasteiger partial charge in [0.1, 0.15) is 0 Å². The number of alkyl halides is 3. The second kappa shape index (κ2) is 12.6. The number of carbonyl (C=O) groups is 1. The molecule has 0 atom stereocenters. The lowest BCUT2D eigenvalue weighted by Crippen LogP contribution is -1.78. The lowest BCUT2D eigenvalue weighted by Gasteiger charge is -1.89. The predicted molar refractivity (Wildman–Crippen MR) is 67.0 cm³/mol. The van der Waals surface area contributed by atoms with E-state index < -0.39 is 10.3 Å². The highest BCUT2D eigenvalue weighted by molar-refractivity contribution is 6.63. The minimum atomic E-state index is -0.833. The number of hydrogen-bond acceptors (Lipinski definition) is 2. The molecule has 16 heavy (non-hydrogen) atoms. The molecule has 0 saturated heterocycles. The van der Waals surface area contributed by atoms with Gasteiger partial charge < -0.3 is 10.2 Å². The zero-order valence-corrected chi connectivity index (χ0v) is 10.9. The summed E-state index contributed by atoms with van der Waals surface area (Å²) >= 11 is 14.4. The third kappa shape index (κ3) is 23.4. The molecule has 92 valence electrons. The van der Waals surface area contributed by atoms with E-state index in [1.54, 1.807) is 0 Å². The van der Waals surface area contributed by atoms with Crippen LogP contribution >= 0.6 is 34.8 Å². The average molecular weight is 288 g/mol. The van der Waals surface area contributed by atoms with Gasteiger partial charge in [-0.1, -0.05) is 65.1 Å². The van der Waals surface area contributed by atoms with Gasteiger partial charge in [0.2, 0.25) is 0 Å². The first-order valence-electron chi connectivity index (χ1n) is 4.16. The molecule has 0 amide bonds. The standard InChI is InChI=1S/C7H8O.C2H4O2.CHCl3/c8-6-7-4-2-1-3-5-7;1-2(3)4;2-1(3)4/h1-5,8H,6H2;1H3,(H,3,4);1H.